The van der Waals surface area contributed by atoms with E-state index in [9.17, 15) is 18.0 Å². The highest BCUT2D eigenvalue weighted by Gasteiger charge is 2.36. The quantitative estimate of drug-likeness (QED) is 0.277. The molecule has 1 heterocycles. The van der Waals surface area contributed by atoms with Gasteiger partial charge in [-0.25, -0.2) is 8.42 Å². The lowest BCUT2D eigenvalue weighted by Crippen LogP contribution is -2.52. The van der Waals surface area contributed by atoms with Crippen molar-refractivity contribution in [1.29, 1.82) is 0 Å². The fourth-order valence-corrected chi connectivity index (χ4v) is 5.76. The maximum Gasteiger partial charge on any atom is 0.261 e. The van der Waals surface area contributed by atoms with Gasteiger partial charge in [0.15, 0.2) is 0 Å². The van der Waals surface area contributed by atoms with E-state index in [1.165, 1.54) is 47.4 Å². The van der Waals surface area contributed by atoms with Gasteiger partial charge in [-0.15, -0.1) is 0 Å². The zero-order chi connectivity index (χ0) is 28.3. The molecule has 1 aliphatic rings. The molecule has 0 radical (unpaired) electrons. The number of ether oxygens (including phenoxy) is 1. The molecule has 204 valence electrons. The van der Waals surface area contributed by atoms with Crippen LogP contribution in [0, 0.1) is 0 Å². The van der Waals surface area contributed by atoms with Crippen molar-refractivity contribution < 1.29 is 22.7 Å². The Morgan fingerprint density at radius 1 is 0.925 bits per heavy atom. The number of benzene rings is 4. The number of carbonyl (C=O) groups excluding carboxylic acids is 2. The van der Waals surface area contributed by atoms with Gasteiger partial charge in [0.05, 0.1) is 21.2 Å². The fourth-order valence-electron chi connectivity index (χ4n) is 4.33. The number of hydrogen-bond donors (Lipinski definition) is 2. The van der Waals surface area contributed by atoms with Crippen LogP contribution < -0.4 is 14.8 Å². The maximum absolute atomic E-state index is 13.8. The molecule has 40 heavy (non-hydrogen) atoms. The van der Waals surface area contributed by atoms with Crippen molar-refractivity contribution in [1.82, 2.24) is 10.2 Å². The molecule has 0 aliphatic carbocycles. The number of anilines is 1. The Balaban J connectivity index is 1.41. The molecule has 1 atom stereocenters. The summed E-state index contributed by atoms with van der Waals surface area (Å²) in [7, 11) is -4.11. The van der Waals surface area contributed by atoms with Gasteiger partial charge in [0.1, 0.15) is 17.5 Å². The number of sulfonamides is 1. The Morgan fingerprint density at radius 3 is 2.35 bits per heavy atom. The lowest BCUT2D eigenvalue weighted by atomic mass is 10.0. The fraction of sp³-hybridized carbons (Fsp3) is 0.103. The van der Waals surface area contributed by atoms with Crippen molar-refractivity contribution in [2.45, 2.75) is 10.9 Å². The van der Waals surface area contributed by atoms with Gasteiger partial charge < -0.3 is 15.0 Å². The second kappa shape index (κ2) is 11.6. The molecule has 1 saturated heterocycles. The SMILES string of the molecule is O=C1NCCN(C(=O)c2cc(Cl)ccc2NS(=O)(=O)c2ccc(Oc3ccccc3Cl)cc2)[C@H]1c1ccccc1. The molecule has 11 heteroatoms. The van der Waals surface area contributed by atoms with Crippen LogP contribution in [0.2, 0.25) is 10.0 Å². The highest BCUT2D eigenvalue weighted by molar-refractivity contribution is 7.92. The van der Waals surface area contributed by atoms with Crippen LogP contribution in [0.1, 0.15) is 22.0 Å². The van der Waals surface area contributed by atoms with Gasteiger partial charge in [-0.1, -0.05) is 65.7 Å². The van der Waals surface area contributed by atoms with Gasteiger partial charge in [0, 0.05) is 18.1 Å². The van der Waals surface area contributed by atoms with E-state index in [2.05, 4.69) is 10.0 Å². The Bertz CT molecular complexity index is 1670. The smallest absolute Gasteiger partial charge is 0.261 e. The molecule has 0 unspecified atom stereocenters. The standard InChI is InChI=1S/C29H23Cl2N3O5S/c30-20-10-15-25(23(18-20)29(36)34-17-16-32-28(35)27(34)19-6-2-1-3-7-19)33-40(37,38)22-13-11-21(12-14-22)39-26-9-5-4-8-24(26)31/h1-15,18,27,33H,16-17H2,(H,32,35)/t27-/m0/s1. The van der Waals surface area contributed by atoms with Crippen LogP contribution >= 0.6 is 23.2 Å². The van der Waals surface area contributed by atoms with E-state index in [0.717, 1.165) is 0 Å². The first-order valence-corrected chi connectivity index (χ1v) is 14.5. The van der Waals surface area contributed by atoms with Crippen molar-refractivity contribution >= 4 is 50.7 Å². The number of para-hydroxylation sites is 1. The van der Waals surface area contributed by atoms with Crippen molar-refractivity contribution in [2.24, 2.45) is 0 Å². The summed E-state index contributed by atoms with van der Waals surface area (Å²) in [5, 5.41) is 3.45. The van der Waals surface area contributed by atoms with Gasteiger partial charge in [-0.05, 0) is 60.2 Å². The van der Waals surface area contributed by atoms with Crippen molar-refractivity contribution in [3.05, 3.63) is 118 Å². The van der Waals surface area contributed by atoms with Crippen LogP contribution in [0.15, 0.2) is 102 Å². The number of amides is 2. The number of hydrogen-bond acceptors (Lipinski definition) is 5. The van der Waals surface area contributed by atoms with E-state index in [-0.39, 0.29) is 40.2 Å². The average molecular weight is 596 g/mol. The topological polar surface area (TPSA) is 105 Å². The Morgan fingerprint density at radius 2 is 1.62 bits per heavy atom. The summed E-state index contributed by atoms with van der Waals surface area (Å²) in [6, 6.07) is 25.0. The van der Waals surface area contributed by atoms with E-state index < -0.39 is 22.0 Å². The lowest BCUT2D eigenvalue weighted by Gasteiger charge is -2.35. The predicted octanol–water partition coefficient (Wildman–Crippen LogP) is 5.90. The van der Waals surface area contributed by atoms with Crippen LogP contribution in [0.25, 0.3) is 0 Å². The second-order valence-electron chi connectivity index (χ2n) is 8.90. The monoisotopic (exact) mass is 595 g/mol. The normalized spacial score (nSPS) is 15.3. The first-order valence-electron chi connectivity index (χ1n) is 12.2. The maximum atomic E-state index is 13.8. The number of rotatable bonds is 7. The molecule has 0 saturated carbocycles. The number of halogens is 2. The first kappa shape index (κ1) is 27.5. The molecule has 4 aromatic carbocycles. The summed E-state index contributed by atoms with van der Waals surface area (Å²) in [6.45, 7) is 0.494. The third kappa shape index (κ3) is 5.91. The Labute approximate surface area is 241 Å². The zero-order valence-corrected chi connectivity index (χ0v) is 23.2. The molecule has 0 aromatic heterocycles. The van der Waals surface area contributed by atoms with Crippen molar-refractivity contribution in [2.75, 3.05) is 17.8 Å². The number of piperazine rings is 1. The summed E-state index contributed by atoms with van der Waals surface area (Å²) in [5.74, 6) is -0.0337. The third-order valence-corrected chi connectivity index (χ3v) is 8.17. The molecule has 8 nitrogen and oxygen atoms in total. The number of nitrogens with one attached hydrogen (secondary N) is 2. The van der Waals surface area contributed by atoms with Crippen LogP contribution in [0.5, 0.6) is 11.5 Å². The van der Waals surface area contributed by atoms with E-state index >= 15 is 0 Å². The molecular formula is C29H23Cl2N3O5S. The Hall–Kier alpha value is -4.05. The summed E-state index contributed by atoms with van der Waals surface area (Å²) < 4.78 is 34.8. The van der Waals surface area contributed by atoms with Crippen LogP contribution in [-0.4, -0.2) is 38.2 Å². The minimum atomic E-state index is -4.11. The minimum Gasteiger partial charge on any atom is -0.456 e. The lowest BCUT2D eigenvalue weighted by molar-refractivity contribution is -0.128. The Kier molecular flexibility index (Phi) is 7.97. The van der Waals surface area contributed by atoms with E-state index in [1.807, 2.05) is 6.07 Å². The molecule has 1 aliphatic heterocycles. The van der Waals surface area contributed by atoms with Crippen LogP contribution in [0.4, 0.5) is 5.69 Å². The second-order valence-corrected chi connectivity index (χ2v) is 11.4. The highest BCUT2D eigenvalue weighted by atomic mass is 35.5. The summed E-state index contributed by atoms with van der Waals surface area (Å²) >= 11 is 12.3. The van der Waals surface area contributed by atoms with Gasteiger partial charge in [0.2, 0.25) is 5.91 Å². The van der Waals surface area contributed by atoms with Gasteiger partial charge in [-0.3, -0.25) is 14.3 Å². The number of carbonyl (C=O) groups is 2. The van der Waals surface area contributed by atoms with Gasteiger partial charge in [-0.2, -0.15) is 0 Å². The van der Waals surface area contributed by atoms with E-state index in [0.29, 0.717) is 22.1 Å². The van der Waals surface area contributed by atoms with Gasteiger partial charge >= 0.3 is 0 Å². The zero-order valence-electron chi connectivity index (χ0n) is 20.9. The van der Waals surface area contributed by atoms with Crippen molar-refractivity contribution in [3.8, 4) is 11.5 Å². The molecule has 0 bridgehead atoms. The minimum absolute atomic E-state index is 0.0189. The average Bonchev–Trinajstić information content (AvgIpc) is 2.95. The summed E-state index contributed by atoms with van der Waals surface area (Å²) in [4.78, 5) is 28.0. The largest absolute Gasteiger partial charge is 0.456 e. The van der Waals surface area contributed by atoms with Gasteiger partial charge in [0.25, 0.3) is 15.9 Å². The van der Waals surface area contributed by atoms with Crippen LogP contribution in [-0.2, 0) is 14.8 Å². The molecular weight excluding hydrogens is 573 g/mol. The molecule has 2 N–H and O–H groups in total. The first-order chi connectivity index (χ1) is 19.2. The molecule has 0 spiro atoms. The third-order valence-electron chi connectivity index (χ3n) is 6.24. The summed E-state index contributed by atoms with van der Waals surface area (Å²) in [6.07, 6.45) is 0. The molecule has 2 amide bonds. The van der Waals surface area contributed by atoms with E-state index in [1.54, 1.807) is 48.5 Å². The summed E-state index contributed by atoms with van der Waals surface area (Å²) in [5.41, 5.74) is 0.685. The highest BCUT2D eigenvalue weighted by Crippen LogP contribution is 2.32. The van der Waals surface area contributed by atoms with Crippen LogP contribution in [0.3, 0.4) is 0 Å². The van der Waals surface area contributed by atoms with Crippen molar-refractivity contribution in [3.63, 3.8) is 0 Å². The predicted molar refractivity (Wildman–Crippen MR) is 153 cm³/mol. The van der Waals surface area contributed by atoms with E-state index in [4.69, 9.17) is 27.9 Å². The molecule has 1 fully saturated rings. The molecule has 4 aromatic rings. The molecule has 5 rings (SSSR count). The number of nitrogens with zero attached hydrogens (tertiary/aromatic N) is 1.